The molecule has 0 amide bonds. The Morgan fingerprint density at radius 2 is 2.18 bits per heavy atom. The second kappa shape index (κ2) is 6.10. The smallest absolute Gasteiger partial charge is 0.311 e. The summed E-state index contributed by atoms with van der Waals surface area (Å²) in [4.78, 5) is 22.5. The molecule has 0 aromatic carbocycles. The molecule has 5 heteroatoms. The maximum absolute atomic E-state index is 11.6. The molecule has 0 N–H and O–H groups in total. The molecule has 0 aromatic heterocycles. The zero-order chi connectivity index (χ0) is 12.9. The summed E-state index contributed by atoms with van der Waals surface area (Å²) in [6, 6.07) is 0. The van der Waals surface area contributed by atoms with Crippen molar-refractivity contribution >= 4 is 22.8 Å². The third-order valence-electron chi connectivity index (χ3n) is 2.68. The first-order chi connectivity index (χ1) is 7.95. The van der Waals surface area contributed by atoms with Crippen LogP contribution in [0.1, 0.15) is 27.2 Å². The normalized spacial score (nSPS) is 15.7. The molecule has 0 spiro atoms. The molecule has 1 aliphatic heterocycles. The van der Waals surface area contributed by atoms with Gasteiger partial charge in [0, 0.05) is 6.08 Å². The highest BCUT2D eigenvalue weighted by molar-refractivity contribution is 8.14. The van der Waals surface area contributed by atoms with Crippen LogP contribution in [0.3, 0.4) is 0 Å². The average Bonchev–Trinajstić information content (AvgIpc) is 2.70. The second-order valence-corrected chi connectivity index (χ2v) is 5.42. The Labute approximate surface area is 106 Å². The molecule has 4 nitrogen and oxygen atoms in total. The summed E-state index contributed by atoms with van der Waals surface area (Å²) < 4.78 is 10.4. The summed E-state index contributed by atoms with van der Waals surface area (Å²) in [5, 5.41) is 0.0177. The number of rotatable bonds is 6. The van der Waals surface area contributed by atoms with Crippen molar-refractivity contribution in [2.45, 2.75) is 27.2 Å². The Morgan fingerprint density at radius 1 is 1.47 bits per heavy atom. The van der Waals surface area contributed by atoms with Gasteiger partial charge in [0.15, 0.2) is 0 Å². The van der Waals surface area contributed by atoms with Crippen molar-refractivity contribution in [3.63, 3.8) is 0 Å². The summed E-state index contributed by atoms with van der Waals surface area (Å²) >= 11 is 1.21. The minimum absolute atomic E-state index is 0.0177. The van der Waals surface area contributed by atoms with Gasteiger partial charge in [-0.1, -0.05) is 18.7 Å². The molecule has 0 aromatic rings. The minimum Gasteiger partial charge on any atom is -0.493 e. The van der Waals surface area contributed by atoms with Gasteiger partial charge in [0.25, 0.3) is 0 Å². The van der Waals surface area contributed by atoms with E-state index in [4.69, 9.17) is 9.47 Å². The van der Waals surface area contributed by atoms with Gasteiger partial charge in [-0.25, -0.2) is 0 Å². The fraction of sp³-hybridized carbons (Fsp3) is 0.667. The van der Waals surface area contributed by atoms with Crippen molar-refractivity contribution in [3.8, 4) is 0 Å². The molecule has 17 heavy (non-hydrogen) atoms. The first-order valence-electron chi connectivity index (χ1n) is 5.63. The minimum atomic E-state index is -0.446. The van der Waals surface area contributed by atoms with Crippen LogP contribution in [0.4, 0.5) is 0 Å². The molecule has 96 valence electrons. The highest BCUT2D eigenvalue weighted by Crippen LogP contribution is 2.22. The third-order valence-corrected chi connectivity index (χ3v) is 3.51. The van der Waals surface area contributed by atoms with Gasteiger partial charge in [0.05, 0.1) is 11.2 Å². The lowest BCUT2D eigenvalue weighted by Crippen LogP contribution is -2.27. The van der Waals surface area contributed by atoms with E-state index in [1.165, 1.54) is 17.8 Å². The van der Waals surface area contributed by atoms with Gasteiger partial charge in [0.1, 0.15) is 19.0 Å². The van der Waals surface area contributed by atoms with Crippen molar-refractivity contribution in [3.05, 3.63) is 11.8 Å². The Morgan fingerprint density at radius 3 is 2.71 bits per heavy atom. The van der Waals surface area contributed by atoms with E-state index in [-0.39, 0.29) is 17.7 Å². The number of thioether (sulfide) groups is 1. The highest BCUT2D eigenvalue weighted by atomic mass is 32.2. The van der Waals surface area contributed by atoms with Gasteiger partial charge in [-0.2, -0.15) is 0 Å². The number of carbonyl (C=O) groups is 2. The molecule has 1 heterocycles. The fourth-order valence-corrected chi connectivity index (χ4v) is 1.75. The molecule has 0 unspecified atom stereocenters. The van der Waals surface area contributed by atoms with Gasteiger partial charge >= 0.3 is 5.97 Å². The van der Waals surface area contributed by atoms with E-state index in [0.29, 0.717) is 18.1 Å². The maximum Gasteiger partial charge on any atom is 0.311 e. The predicted molar refractivity (Wildman–Crippen MR) is 66.5 cm³/mol. The quantitative estimate of drug-likeness (QED) is 0.539. The molecule has 0 saturated carbocycles. The van der Waals surface area contributed by atoms with Crippen LogP contribution in [0.15, 0.2) is 11.8 Å². The van der Waals surface area contributed by atoms with Crippen LogP contribution in [0.25, 0.3) is 0 Å². The average molecular weight is 258 g/mol. The SMILES string of the molecule is CCC(C)(C)C(=O)OCCOC1=CC(=O)SC1. The Hall–Kier alpha value is -0.970. The van der Waals surface area contributed by atoms with Crippen LogP contribution in [0, 0.1) is 5.41 Å². The van der Waals surface area contributed by atoms with E-state index in [2.05, 4.69) is 0 Å². The van der Waals surface area contributed by atoms with E-state index in [9.17, 15) is 9.59 Å². The van der Waals surface area contributed by atoms with Crippen molar-refractivity contribution in [1.29, 1.82) is 0 Å². The van der Waals surface area contributed by atoms with Crippen molar-refractivity contribution in [1.82, 2.24) is 0 Å². The van der Waals surface area contributed by atoms with Crippen molar-refractivity contribution < 1.29 is 19.1 Å². The van der Waals surface area contributed by atoms with E-state index in [1.54, 1.807) is 0 Å². The molecular weight excluding hydrogens is 240 g/mol. The molecule has 0 radical (unpaired) electrons. The van der Waals surface area contributed by atoms with Gasteiger partial charge in [-0.15, -0.1) is 0 Å². The Bertz CT molecular complexity index is 333. The van der Waals surface area contributed by atoms with Crippen molar-refractivity contribution in [2.24, 2.45) is 5.41 Å². The molecule has 1 rings (SSSR count). The number of carbonyl (C=O) groups excluding carboxylic acids is 2. The van der Waals surface area contributed by atoms with Crippen LogP contribution in [-0.2, 0) is 19.1 Å². The van der Waals surface area contributed by atoms with Crippen LogP contribution < -0.4 is 0 Å². The lowest BCUT2D eigenvalue weighted by Gasteiger charge is -2.20. The monoisotopic (exact) mass is 258 g/mol. The number of ether oxygens (including phenoxy) is 2. The zero-order valence-electron chi connectivity index (χ0n) is 10.4. The maximum atomic E-state index is 11.6. The lowest BCUT2D eigenvalue weighted by molar-refractivity contribution is -0.155. The summed E-state index contributed by atoms with van der Waals surface area (Å²) in [5.41, 5.74) is -0.446. The number of esters is 1. The third kappa shape index (κ3) is 4.42. The van der Waals surface area contributed by atoms with Gasteiger partial charge in [0.2, 0.25) is 5.12 Å². The molecule has 0 aliphatic carbocycles. The van der Waals surface area contributed by atoms with Crippen molar-refractivity contribution in [2.75, 3.05) is 19.0 Å². The summed E-state index contributed by atoms with van der Waals surface area (Å²) in [6.45, 7) is 6.17. The zero-order valence-corrected chi connectivity index (χ0v) is 11.3. The predicted octanol–water partition coefficient (Wildman–Crippen LogP) is 2.14. The highest BCUT2D eigenvalue weighted by Gasteiger charge is 2.26. The van der Waals surface area contributed by atoms with Crippen LogP contribution in [0.2, 0.25) is 0 Å². The largest absolute Gasteiger partial charge is 0.493 e. The summed E-state index contributed by atoms with van der Waals surface area (Å²) in [7, 11) is 0. The molecule has 1 aliphatic rings. The van der Waals surface area contributed by atoms with Crippen LogP contribution >= 0.6 is 11.8 Å². The van der Waals surface area contributed by atoms with E-state index >= 15 is 0 Å². The van der Waals surface area contributed by atoms with Gasteiger partial charge < -0.3 is 9.47 Å². The van der Waals surface area contributed by atoms with E-state index in [1.807, 2.05) is 20.8 Å². The molecule has 0 atom stereocenters. The fourth-order valence-electron chi connectivity index (χ4n) is 1.09. The molecule has 0 saturated heterocycles. The Kier molecular flexibility index (Phi) is 5.05. The number of hydrogen-bond donors (Lipinski definition) is 0. The number of hydrogen-bond acceptors (Lipinski definition) is 5. The van der Waals surface area contributed by atoms with Crippen LogP contribution in [-0.4, -0.2) is 30.1 Å². The second-order valence-electron chi connectivity index (χ2n) is 4.44. The van der Waals surface area contributed by atoms with Gasteiger partial charge in [-0.05, 0) is 20.3 Å². The van der Waals surface area contributed by atoms with Crippen LogP contribution in [0.5, 0.6) is 0 Å². The molecule has 0 bridgehead atoms. The van der Waals surface area contributed by atoms with E-state index in [0.717, 1.165) is 6.42 Å². The first-order valence-corrected chi connectivity index (χ1v) is 6.61. The van der Waals surface area contributed by atoms with Gasteiger partial charge in [-0.3, -0.25) is 9.59 Å². The molecule has 0 fully saturated rings. The molecular formula is C12H18O4S. The first kappa shape index (κ1) is 14.1. The standard InChI is InChI=1S/C12H18O4S/c1-4-12(2,3)11(14)16-6-5-15-9-7-10(13)17-8-9/h7H,4-6,8H2,1-3H3. The van der Waals surface area contributed by atoms with E-state index < -0.39 is 5.41 Å². The summed E-state index contributed by atoms with van der Waals surface area (Å²) in [6.07, 6.45) is 2.21. The lowest BCUT2D eigenvalue weighted by atomic mass is 9.91. The Balaban J connectivity index is 2.18. The summed E-state index contributed by atoms with van der Waals surface area (Å²) in [5.74, 6) is 1.02. The topological polar surface area (TPSA) is 52.6 Å².